The van der Waals surface area contributed by atoms with Crippen molar-refractivity contribution in [3.8, 4) is 11.4 Å². The Balaban J connectivity index is 1.27. The molecule has 182 valence electrons. The number of hydrogen-bond acceptors (Lipinski definition) is 6. The van der Waals surface area contributed by atoms with E-state index in [1.165, 1.54) is 5.56 Å². The van der Waals surface area contributed by atoms with Crippen molar-refractivity contribution < 1.29 is 9.53 Å². The molecule has 0 aliphatic carbocycles. The van der Waals surface area contributed by atoms with Gasteiger partial charge in [-0.3, -0.25) is 4.79 Å². The number of thiazole rings is 1. The van der Waals surface area contributed by atoms with Gasteiger partial charge in [-0.15, -0.1) is 0 Å². The number of aryl methyl sites for hydroxylation is 2. The standard InChI is InChI=1S/C27H31N5O2S/c1-4-34-23-13-9-20(10-14-23)16-28-26(33)21-6-5-15-31(17-21)27-29-25-24(35-27)19(3)30-32(25)22-11-7-18(2)8-12-22/h7-14,21H,4-6,15-17H2,1-3H3,(H,28,33)/t21-/m1/s1. The van der Waals surface area contributed by atoms with Crippen molar-refractivity contribution in [1.82, 2.24) is 20.1 Å². The highest BCUT2D eigenvalue weighted by molar-refractivity contribution is 7.22. The predicted octanol–water partition coefficient (Wildman–Crippen LogP) is 5.03. The number of aromatic nitrogens is 3. The number of fused-ring (bicyclic) bond motifs is 1. The number of nitrogens with one attached hydrogen (secondary N) is 1. The van der Waals surface area contributed by atoms with Gasteiger partial charge in [-0.2, -0.15) is 10.1 Å². The lowest BCUT2D eigenvalue weighted by Gasteiger charge is -2.31. The normalized spacial score (nSPS) is 16.0. The van der Waals surface area contributed by atoms with Crippen molar-refractivity contribution in [3.05, 3.63) is 65.4 Å². The molecule has 35 heavy (non-hydrogen) atoms. The second-order valence-corrected chi connectivity index (χ2v) is 10.0. The quantitative estimate of drug-likeness (QED) is 0.394. The van der Waals surface area contributed by atoms with E-state index in [-0.39, 0.29) is 11.8 Å². The second-order valence-electron chi connectivity index (χ2n) is 9.06. The number of ether oxygens (including phenoxy) is 1. The molecule has 5 rings (SSSR count). The van der Waals surface area contributed by atoms with Crippen molar-refractivity contribution in [2.45, 2.75) is 40.2 Å². The van der Waals surface area contributed by atoms with Gasteiger partial charge in [0.2, 0.25) is 5.91 Å². The third-order valence-corrected chi connectivity index (χ3v) is 7.63. The number of piperidine rings is 1. The lowest BCUT2D eigenvalue weighted by Crippen LogP contribution is -2.43. The van der Waals surface area contributed by atoms with Gasteiger partial charge >= 0.3 is 0 Å². The summed E-state index contributed by atoms with van der Waals surface area (Å²) in [6.07, 6.45) is 1.87. The molecular formula is C27H31N5O2S. The van der Waals surface area contributed by atoms with E-state index in [1.54, 1.807) is 11.3 Å². The first-order valence-electron chi connectivity index (χ1n) is 12.2. The Kier molecular flexibility index (Phi) is 6.72. The lowest BCUT2D eigenvalue weighted by molar-refractivity contribution is -0.125. The molecule has 0 spiro atoms. The highest BCUT2D eigenvalue weighted by Crippen LogP contribution is 2.34. The molecule has 2 aromatic carbocycles. The fourth-order valence-corrected chi connectivity index (χ4v) is 5.51. The van der Waals surface area contributed by atoms with Crippen LogP contribution in [-0.2, 0) is 11.3 Å². The Hall–Kier alpha value is -3.39. The summed E-state index contributed by atoms with van der Waals surface area (Å²) in [5, 5.41) is 8.81. The maximum atomic E-state index is 13.0. The van der Waals surface area contributed by atoms with Gasteiger partial charge in [0.1, 0.15) is 5.75 Å². The molecule has 3 heterocycles. The van der Waals surface area contributed by atoms with Crippen LogP contribution >= 0.6 is 11.3 Å². The van der Waals surface area contributed by atoms with Crippen LogP contribution in [0.1, 0.15) is 36.6 Å². The van der Waals surface area contributed by atoms with Crippen LogP contribution in [0, 0.1) is 19.8 Å². The summed E-state index contributed by atoms with van der Waals surface area (Å²) in [5.41, 5.74) is 5.15. The monoisotopic (exact) mass is 489 g/mol. The zero-order chi connectivity index (χ0) is 24.4. The maximum Gasteiger partial charge on any atom is 0.225 e. The molecule has 0 saturated carbocycles. The van der Waals surface area contributed by atoms with Gasteiger partial charge in [-0.25, -0.2) is 4.68 Å². The van der Waals surface area contributed by atoms with Crippen LogP contribution in [0.25, 0.3) is 16.0 Å². The van der Waals surface area contributed by atoms with Crippen LogP contribution in [0.4, 0.5) is 5.13 Å². The number of anilines is 1. The van der Waals surface area contributed by atoms with Crippen LogP contribution in [-0.4, -0.2) is 40.4 Å². The molecule has 0 unspecified atom stereocenters. The van der Waals surface area contributed by atoms with Crippen LogP contribution < -0.4 is 15.0 Å². The Morgan fingerprint density at radius 2 is 1.91 bits per heavy atom. The molecule has 1 N–H and O–H groups in total. The number of nitrogens with zero attached hydrogens (tertiary/aromatic N) is 4. The van der Waals surface area contributed by atoms with Gasteiger partial charge in [0, 0.05) is 19.6 Å². The lowest BCUT2D eigenvalue weighted by atomic mass is 9.97. The van der Waals surface area contributed by atoms with E-state index in [1.807, 2.05) is 42.8 Å². The van der Waals surface area contributed by atoms with Crippen LogP contribution in [0.3, 0.4) is 0 Å². The summed E-state index contributed by atoms with van der Waals surface area (Å²) in [6.45, 7) is 8.84. The molecule has 1 aliphatic heterocycles. The smallest absolute Gasteiger partial charge is 0.225 e. The van der Waals surface area contributed by atoms with Crippen molar-refractivity contribution >= 4 is 32.7 Å². The molecule has 8 heteroatoms. The van der Waals surface area contributed by atoms with Crippen LogP contribution in [0.5, 0.6) is 5.75 Å². The Labute approximate surface area is 209 Å². The summed E-state index contributed by atoms with van der Waals surface area (Å²) in [5.74, 6) is 0.905. The summed E-state index contributed by atoms with van der Waals surface area (Å²) < 4.78 is 8.52. The molecule has 4 aromatic rings. The Morgan fingerprint density at radius 3 is 2.66 bits per heavy atom. The average Bonchev–Trinajstić information content (AvgIpc) is 3.45. The zero-order valence-corrected chi connectivity index (χ0v) is 21.3. The van der Waals surface area contributed by atoms with Crippen molar-refractivity contribution in [2.75, 3.05) is 24.6 Å². The zero-order valence-electron chi connectivity index (χ0n) is 20.5. The first-order valence-corrected chi connectivity index (χ1v) is 13.0. The van der Waals surface area contributed by atoms with Gasteiger partial charge in [0.15, 0.2) is 10.8 Å². The Morgan fingerprint density at radius 1 is 1.14 bits per heavy atom. The minimum absolute atomic E-state index is 0.0480. The molecule has 7 nitrogen and oxygen atoms in total. The molecule has 0 bridgehead atoms. The first-order chi connectivity index (χ1) is 17.0. The second kappa shape index (κ2) is 10.1. The molecular weight excluding hydrogens is 458 g/mol. The molecule has 2 aromatic heterocycles. The van der Waals surface area contributed by atoms with E-state index in [0.29, 0.717) is 19.7 Å². The summed E-state index contributed by atoms with van der Waals surface area (Å²) in [6, 6.07) is 16.2. The van der Waals surface area contributed by atoms with E-state index in [4.69, 9.17) is 14.8 Å². The minimum Gasteiger partial charge on any atom is -0.494 e. The number of benzene rings is 2. The summed E-state index contributed by atoms with van der Waals surface area (Å²) in [4.78, 5) is 20.2. The van der Waals surface area contributed by atoms with Crippen LogP contribution in [0.15, 0.2) is 48.5 Å². The van der Waals surface area contributed by atoms with E-state index < -0.39 is 0 Å². The highest BCUT2D eigenvalue weighted by Gasteiger charge is 2.28. The molecule has 1 fully saturated rings. The topological polar surface area (TPSA) is 72.3 Å². The molecule has 1 atom stereocenters. The molecule has 1 saturated heterocycles. The molecule has 1 amide bonds. The van der Waals surface area contributed by atoms with Crippen LogP contribution in [0.2, 0.25) is 0 Å². The summed E-state index contributed by atoms with van der Waals surface area (Å²) in [7, 11) is 0. The van der Waals surface area contributed by atoms with Gasteiger partial charge in [-0.05, 0) is 63.4 Å². The molecule has 0 radical (unpaired) electrons. The molecule has 1 aliphatic rings. The number of amides is 1. The van der Waals surface area contributed by atoms with E-state index in [2.05, 4.69) is 41.4 Å². The number of carbonyl (C=O) groups excluding carboxylic acids is 1. The number of rotatable bonds is 7. The average molecular weight is 490 g/mol. The van der Waals surface area contributed by atoms with E-state index >= 15 is 0 Å². The van der Waals surface area contributed by atoms with Gasteiger partial charge in [-0.1, -0.05) is 41.2 Å². The van der Waals surface area contributed by atoms with Gasteiger partial charge in [0.25, 0.3) is 0 Å². The fraction of sp³-hybridized carbons (Fsp3) is 0.370. The summed E-state index contributed by atoms with van der Waals surface area (Å²) >= 11 is 1.67. The van der Waals surface area contributed by atoms with Gasteiger partial charge in [0.05, 0.1) is 28.6 Å². The number of hydrogen-bond donors (Lipinski definition) is 1. The van der Waals surface area contributed by atoms with E-state index in [9.17, 15) is 4.79 Å². The van der Waals surface area contributed by atoms with Gasteiger partial charge < -0.3 is 15.0 Å². The van der Waals surface area contributed by atoms with E-state index in [0.717, 1.165) is 57.6 Å². The minimum atomic E-state index is -0.0480. The SMILES string of the molecule is CCOc1ccc(CNC(=O)[C@@H]2CCCN(c3nc4c(s3)c(C)nn4-c3ccc(C)cc3)C2)cc1. The Bertz CT molecular complexity index is 1310. The van der Waals surface area contributed by atoms with Crippen molar-refractivity contribution in [2.24, 2.45) is 5.92 Å². The largest absolute Gasteiger partial charge is 0.494 e. The predicted molar refractivity (Wildman–Crippen MR) is 141 cm³/mol. The number of carbonyl (C=O) groups is 1. The van der Waals surface area contributed by atoms with Crippen molar-refractivity contribution in [3.63, 3.8) is 0 Å². The third kappa shape index (κ3) is 5.03. The fourth-order valence-electron chi connectivity index (χ4n) is 4.49. The highest BCUT2D eigenvalue weighted by atomic mass is 32.1. The first kappa shape index (κ1) is 23.4. The maximum absolute atomic E-state index is 13.0. The third-order valence-electron chi connectivity index (χ3n) is 6.42. The van der Waals surface area contributed by atoms with Crippen molar-refractivity contribution in [1.29, 1.82) is 0 Å².